The molecule has 0 aromatic heterocycles. The van der Waals surface area contributed by atoms with Crippen molar-refractivity contribution < 1.29 is 27.1 Å². The molecule has 0 aliphatic heterocycles. The normalized spacial score (nSPS) is 11.6. The van der Waals surface area contributed by atoms with Crippen LogP contribution in [0.4, 0.5) is 10.1 Å². The van der Waals surface area contributed by atoms with E-state index in [1.165, 1.54) is 14.1 Å². The molecule has 0 unspecified atom stereocenters. The van der Waals surface area contributed by atoms with E-state index in [1.807, 2.05) is 26.0 Å². The maximum absolute atomic E-state index is 14.0. The van der Waals surface area contributed by atoms with Gasteiger partial charge in [0.15, 0.2) is 6.61 Å². The van der Waals surface area contributed by atoms with Crippen molar-refractivity contribution >= 4 is 27.6 Å². The van der Waals surface area contributed by atoms with Crippen LogP contribution in [0.2, 0.25) is 0 Å². The van der Waals surface area contributed by atoms with E-state index < -0.39 is 39.9 Å². The van der Waals surface area contributed by atoms with E-state index in [0.717, 1.165) is 28.1 Å². The summed E-state index contributed by atoms with van der Waals surface area (Å²) in [5.74, 6) is -2.34. The summed E-state index contributed by atoms with van der Waals surface area (Å²) in [5.41, 5.74) is 1.07. The minimum atomic E-state index is -3.85. The fourth-order valence-electron chi connectivity index (χ4n) is 2.39. The number of halogens is 1. The van der Waals surface area contributed by atoms with Crippen molar-refractivity contribution in [1.29, 1.82) is 0 Å². The minimum Gasteiger partial charge on any atom is -0.452 e. The van der Waals surface area contributed by atoms with E-state index in [0.29, 0.717) is 11.6 Å². The fraction of sp³-hybridized carbons (Fsp3) is 0.300. The Hall–Kier alpha value is -2.78. The zero-order valence-corrected chi connectivity index (χ0v) is 17.4. The molecule has 0 fully saturated rings. The number of ether oxygens (including phenoxy) is 1. The summed E-state index contributed by atoms with van der Waals surface area (Å²) >= 11 is 0. The summed E-state index contributed by atoms with van der Waals surface area (Å²) in [7, 11) is -1.22. The van der Waals surface area contributed by atoms with Gasteiger partial charge in [-0.15, -0.1) is 0 Å². The van der Waals surface area contributed by atoms with Gasteiger partial charge in [0.2, 0.25) is 10.0 Å². The lowest BCUT2D eigenvalue weighted by atomic mass is 10.0. The molecule has 0 aliphatic carbocycles. The number of hydrogen-bond acceptors (Lipinski definition) is 5. The number of benzene rings is 2. The first-order valence-electron chi connectivity index (χ1n) is 8.81. The Morgan fingerprint density at radius 2 is 1.72 bits per heavy atom. The van der Waals surface area contributed by atoms with Gasteiger partial charge in [0, 0.05) is 19.8 Å². The summed E-state index contributed by atoms with van der Waals surface area (Å²) < 4.78 is 44.0. The number of nitrogens with one attached hydrogen (secondary N) is 1. The van der Waals surface area contributed by atoms with Crippen molar-refractivity contribution in [3.05, 3.63) is 59.4 Å². The molecule has 2 rings (SSSR count). The number of anilines is 1. The summed E-state index contributed by atoms with van der Waals surface area (Å²) in [6.07, 6.45) is 0. The summed E-state index contributed by atoms with van der Waals surface area (Å²) in [4.78, 5) is 23.9. The Balaban J connectivity index is 2.04. The standard InChI is InChI=1S/C20H23FN2O5S/c1-13(2)14-5-7-15(8-6-14)22-19(24)12-28-20(25)17-11-16(9-10-18(17)21)29(26,27)23(3)4/h5-11,13H,12H2,1-4H3,(H,22,24). The zero-order chi connectivity index (χ0) is 21.8. The number of hydrogen-bond donors (Lipinski definition) is 1. The van der Waals surface area contributed by atoms with Crippen molar-refractivity contribution in [1.82, 2.24) is 4.31 Å². The molecule has 0 aliphatic rings. The van der Waals surface area contributed by atoms with Gasteiger partial charge >= 0.3 is 5.97 Å². The largest absolute Gasteiger partial charge is 0.452 e. The number of nitrogens with zero attached hydrogens (tertiary/aromatic N) is 1. The molecule has 1 amide bonds. The highest BCUT2D eigenvalue weighted by Gasteiger charge is 2.22. The lowest BCUT2D eigenvalue weighted by Crippen LogP contribution is -2.23. The molecule has 0 radical (unpaired) electrons. The molecule has 2 aromatic carbocycles. The molecule has 0 bridgehead atoms. The Bertz CT molecular complexity index is 1000. The first-order chi connectivity index (χ1) is 13.5. The molecular formula is C20H23FN2O5S. The van der Waals surface area contributed by atoms with Gasteiger partial charge in [0.05, 0.1) is 10.5 Å². The van der Waals surface area contributed by atoms with Gasteiger partial charge in [-0.05, 0) is 41.8 Å². The third kappa shape index (κ3) is 5.61. The lowest BCUT2D eigenvalue weighted by molar-refractivity contribution is -0.119. The van der Waals surface area contributed by atoms with Crippen molar-refractivity contribution in [3.8, 4) is 0 Å². The van der Waals surface area contributed by atoms with Crippen LogP contribution in [0.3, 0.4) is 0 Å². The van der Waals surface area contributed by atoms with Crippen LogP contribution in [-0.2, 0) is 19.6 Å². The van der Waals surface area contributed by atoms with E-state index >= 15 is 0 Å². The summed E-state index contributed by atoms with van der Waals surface area (Å²) in [6.45, 7) is 3.45. The topological polar surface area (TPSA) is 92.8 Å². The number of rotatable bonds is 7. The molecule has 2 aromatic rings. The quantitative estimate of drug-likeness (QED) is 0.693. The Morgan fingerprint density at radius 3 is 2.28 bits per heavy atom. The molecular weight excluding hydrogens is 399 g/mol. The van der Waals surface area contributed by atoms with Crippen LogP contribution in [0, 0.1) is 5.82 Å². The predicted molar refractivity (Wildman–Crippen MR) is 107 cm³/mol. The molecule has 156 valence electrons. The molecule has 9 heteroatoms. The predicted octanol–water partition coefficient (Wildman–Crippen LogP) is 2.99. The van der Waals surface area contributed by atoms with Crippen LogP contribution in [0.5, 0.6) is 0 Å². The molecule has 1 N–H and O–H groups in total. The second-order valence-corrected chi connectivity index (χ2v) is 8.98. The van der Waals surface area contributed by atoms with Gasteiger partial charge in [-0.1, -0.05) is 26.0 Å². The van der Waals surface area contributed by atoms with Crippen molar-refractivity contribution in [3.63, 3.8) is 0 Å². The zero-order valence-electron chi connectivity index (χ0n) is 16.6. The monoisotopic (exact) mass is 422 g/mol. The van der Waals surface area contributed by atoms with E-state index in [1.54, 1.807) is 12.1 Å². The van der Waals surface area contributed by atoms with Gasteiger partial charge in [0.1, 0.15) is 5.82 Å². The third-order valence-corrected chi connectivity index (χ3v) is 5.94. The van der Waals surface area contributed by atoms with E-state index in [4.69, 9.17) is 4.74 Å². The number of sulfonamides is 1. The van der Waals surface area contributed by atoms with Gasteiger partial charge < -0.3 is 10.1 Å². The number of carbonyl (C=O) groups is 2. The molecule has 7 nitrogen and oxygen atoms in total. The van der Waals surface area contributed by atoms with Crippen LogP contribution in [0.25, 0.3) is 0 Å². The van der Waals surface area contributed by atoms with Gasteiger partial charge in [-0.3, -0.25) is 4.79 Å². The van der Waals surface area contributed by atoms with E-state index in [2.05, 4.69) is 5.32 Å². The van der Waals surface area contributed by atoms with Crippen molar-refractivity contribution in [2.24, 2.45) is 0 Å². The van der Waals surface area contributed by atoms with E-state index in [-0.39, 0.29) is 4.90 Å². The van der Waals surface area contributed by atoms with Crippen LogP contribution < -0.4 is 5.32 Å². The molecule has 0 saturated carbocycles. The lowest BCUT2D eigenvalue weighted by Gasteiger charge is -2.13. The van der Waals surface area contributed by atoms with Crippen LogP contribution in [0.15, 0.2) is 47.4 Å². The third-order valence-electron chi connectivity index (χ3n) is 4.13. The first kappa shape index (κ1) is 22.5. The second-order valence-electron chi connectivity index (χ2n) is 6.83. The van der Waals surface area contributed by atoms with E-state index in [9.17, 15) is 22.4 Å². The average molecular weight is 422 g/mol. The highest BCUT2D eigenvalue weighted by Crippen LogP contribution is 2.19. The van der Waals surface area contributed by atoms with Gasteiger partial charge in [0.25, 0.3) is 5.91 Å². The Kier molecular flexibility index (Phi) is 7.10. The number of esters is 1. The maximum atomic E-state index is 14.0. The highest BCUT2D eigenvalue weighted by atomic mass is 32.2. The van der Waals surface area contributed by atoms with Crippen LogP contribution in [0.1, 0.15) is 35.7 Å². The average Bonchev–Trinajstić information content (AvgIpc) is 2.66. The molecule has 0 spiro atoms. The van der Waals surface area contributed by atoms with Crippen LogP contribution >= 0.6 is 0 Å². The minimum absolute atomic E-state index is 0.259. The SMILES string of the molecule is CC(C)c1ccc(NC(=O)COC(=O)c2cc(S(=O)(=O)N(C)C)ccc2F)cc1. The number of carbonyl (C=O) groups excluding carboxylic acids is 2. The summed E-state index contributed by atoms with van der Waals surface area (Å²) in [5, 5.41) is 2.57. The maximum Gasteiger partial charge on any atom is 0.341 e. The van der Waals surface area contributed by atoms with Crippen molar-refractivity contribution in [2.45, 2.75) is 24.7 Å². The smallest absolute Gasteiger partial charge is 0.341 e. The number of amides is 1. The first-order valence-corrected chi connectivity index (χ1v) is 10.3. The van der Waals surface area contributed by atoms with Crippen LogP contribution in [-0.4, -0.2) is 45.3 Å². The van der Waals surface area contributed by atoms with Crippen molar-refractivity contribution in [2.75, 3.05) is 26.0 Å². The Labute approximate surface area is 169 Å². The second kappa shape index (κ2) is 9.15. The highest BCUT2D eigenvalue weighted by molar-refractivity contribution is 7.89. The Morgan fingerprint density at radius 1 is 1.10 bits per heavy atom. The summed E-state index contributed by atoms with van der Waals surface area (Å²) in [6, 6.07) is 10.00. The van der Waals surface area contributed by atoms with Gasteiger partial charge in [-0.2, -0.15) is 0 Å². The molecule has 29 heavy (non-hydrogen) atoms. The molecule has 0 heterocycles. The van der Waals surface area contributed by atoms with Gasteiger partial charge in [-0.25, -0.2) is 21.9 Å². The molecule has 0 atom stereocenters. The fourth-order valence-corrected chi connectivity index (χ4v) is 3.32. The molecule has 0 saturated heterocycles.